The molecule has 12 heteroatoms. The first-order valence-electron chi connectivity index (χ1n) is 6.99. The number of carboxylic acid groups (broad SMARTS) is 1. The molecule has 8 nitrogen and oxygen atoms in total. The molecule has 3 aromatic rings. The molecule has 0 aliphatic rings. The van der Waals surface area contributed by atoms with Gasteiger partial charge >= 0.3 is 12.1 Å². The Labute approximate surface area is 153 Å². The summed E-state index contributed by atoms with van der Waals surface area (Å²) in [5.41, 5.74) is 7.15. The molecule has 0 amide bonds. The van der Waals surface area contributed by atoms with E-state index in [1.165, 1.54) is 0 Å². The van der Waals surface area contributed by atoms with Gasteiger partial charge in [-0.3, -0.25) is 4.40 Å². The number of pyridine rings is 1. The van der Waals surface area contributed by atoms with Crippen LogP contribution in [-0.4, -0.2) is 42.0 Å². The van der Waals surface area contributed by atoms with Crippen molar-refractivity contribution in [3.8, 4) is 0 Å². The van der Waals surface area contributed by atoms with Gasteiger partial charge in [-0.25, -0.2) is 4.79 Å². The molecule has 3 heterocycles. The van der Waals surface area contributed by atoms with E-state index in [2.05, 4.69) is 36.3 Å². The molecule has 3 N–H and O–H groups in total. The van der Waals surface area contributed by atoms with Gasteiger partial charge in [0.05, 0.1) is 11.6 Å². The predicted molar refractivity (Wildman–Crippen MR) is 88.3 cm³/mol. The molecule has 0 saturated heterocycles. The lowest BCUT2D eigenvalue weighted by molar-refractivity contribution is -0.192. The Morgan fingerprint density at radius 1 is 1.19 bits per heavy atom. The third-order valence-electron chi connectivity index (χ3n) is 3.17. The molecule has 0 bridgehead atoms. The fraction of sp³-hybridized carbons (Fsp3) is 0.214. The summed E-state index contributed by atoms with van der Waals surface area (Å²) in [6.07, 6.45) is -3.15. The Kier molecular flexibility index (Phi) is 5.75. The fourth-order valence-electron chi connectivity index (χ4n) is 1.89. The third kappa shape index (κ3) is 4.65. The summed E-state index contributed by atoms with van der Waals surface area (Å²) in [6.45, 7) is 2.01. The van der Waals surface area contributed by atoms with Crippen LogP contribution in [0.15, 0.2) is 34.9 Å². The quantitative estimate of drug-likeness (QED) is 0.638. The van der Waals surface area contributed by atoms with E-state index in [-0.39, 0.29) is 5.92 Å². The van der Waals surface area contributed by atoms with E-state index in [1.807, 2.05) is 35.7 Å². The maximum atomic E-state index is 10.6. The van der Waals surface area contributed by atoms with Crippen LogP contribution in [0, 0.1) is 0 Å². The van der Waals surface area contributed by atoms with E-state index in [4.69, 9.17) is 15.6 Å². The maximum absolute atomic E-state index is 10.6. The first-order chi connectivity index (χ1) is 12.1. The average Bonchev–Trinajstić information content (AvgIpc) is 2.97. The molecule has 1 atom stereocenters. The maximum Gasteiger partial charge on any atom is 0.490 e. The lowest BCUT2D eigenvalue weighted by Gasteiger charge is -2.08. The van der Waals surface area contributed by atoms with Gasteiger partial charge in [0.25, 0.3) is 0 Å². The number of nitrogens with two attached hydrogens (primary N) is 1. The van der Waals surface area contributed by atoms with E-state index in [9.17, 15) is 13.2 Å². The lowest BCUT2D eigenvalue weighted by atomic mass is 10.1. The highest BCUT2D eigenvalue weighted by Crippen LogP contribution is 2.22. The largest absolute Gasteiger partial charge is 0.490 e. The molecule has 0 saturated carbocycles. The molecule has 0 aliphatic carbocycles. The number of anilines is 1. The Hall–Kier alpha value is -2.76. The number of carboxylic acids is 1. The van der Waals surface area contributed by atoms with E-state index < -0.39 is 12.1 Å². The summed E-state index contributed by atoms with van der Waals surface area (Å²) in [5.74, 6) is -1.55. The Morgan fingerprint density at radius 2 is 1.85 bits per heavy atom. The van der Waals surface area contributed by atoms with E-state index >= 15 is 0 Å². The summed E-state index contributed by atoms with van der Waals surface area (Å²) in [6, 6.07) is 7.42. The van der Waals surface area contributed by atoms with E-state index in [1.54, 1.807) is 6.07 Å². The number of fused-ring (bicyclic) bond motifs is 1. The second kappa shape index (κ2) is 7.64. The average molecular weight is 433 g/mol. The predicted octanol–water partition coefficient (Wildman–Crippen LogP) is 2.65. The van der Waals surface area contributed by atoms with Crippen LogP contribution in [0.3, 0.4) is 0 Å². The smallest absolute Gasteiger partial charge is 0.475 e. The minimum atomic E-state index is -5.08. The number of hydrogen-bond acceptors (Lipinski definition) is 6. The summed E-state index contributed by atoms with van der Waals surface area (Å²) in [7, 11) is 0. The minimum absolute atomic E-state index is 0.0163. The highest BCUT2D eigenvalue weighted by atomic mass is 79.9. The van der Waals surface area contributed by atoms with Gasteiger partial charge < -0.3 is 10.8 Å². The molecule has 3 aromatic heterocycles. The Bertz CT molecular complexity index is 913. The Balaban J connectivity index is 0.000000298. The standard InChI is InChI=1S/C12H11BrN6.C2HF3O2/c1-7(9-3-4-10(14)16-15-9)12-18-17-11-5-2-8(13)6-19(11)12;3-2(4,5)1(6)7/h2-7H,1H3,(H2,14,16);(H,6,7). The van der Waals surface area contributed by atoms with Crippen molar-refractivity contribution in [3.05, 3.63) is 46.5 Å². The van der Waals surface area contributed by atoms with Crippen molar-refractivity contribution in [2.75, 3.05) is 5.73 Å². The molecule has 138 valence electrons. The van der Waals surface area contributed by atoms with Crippen molar-refractivity contribution in [3.63, 3.8) is 0 Å². The van der Waals surface area contributed by atoms with Gasteiger partial charge in [0, 0.05) is 10.7 Å². The molecular formula is C14H12BrF3N6O2. The minimum Gasteiger partial charge on any atom is -0.475 e. The topological polar surface area (TPSA) is 119 Å². The third-order valence-corrected chi connectivity index (χ3v) is 3.64. The molecule has 0 spiro atoms. The number of alkyl halides is 3. The highest BCUT2D eigenvalue weighted by Gasteiger charge is 2.38. The zero-order valence-electron chi connectivity index (χ0n) is 13.1. The summed E-state index contributed by atoms with van der Waals surface area (Å²) in [5, 5.41) is 23.5. The molecule has 1 unspecified atom stereocenters. The van der Waals surface area contributed by atoms with Crippen LogP contribution in [0.2, 0.25) is 0 Å². The van der Waals surface area contributed by atoms with Gasteiger partial charge in [-0.2, -0.15) is 18.3 Å². The van der Waals surface area contributed by atoms with Crippen molar-refractivity contribution in [2.24, 2.45) is 0 Å². The summed E-state index contributed by atoms with van der Waals surface area (Å²) < 4.78 is 34.6. The molecule has 0 fully saturated rings. The number of nitrogen functional groups attached to an aromatic ring is 1. The molecule has 26 heavy (non-hydrogen) atoms. The molecular weight excluding hydrogens is 421 g/mol. The monoisotopic (exact) mass is 432 g/mol. The van der Waals surface area contributed by atoms with Crippen LogP contribution in [0.4, 0.5) is 19.0 Å². The van der Waals surface area contributed by atoms with Gasteiger partial charge in [-0.1, -0.05) is 0 Å². The molecule has 0 radical (unpaired) electrons. The van der Waals surface area contributed by atoms with Crippen LogP contribution in [0.5, 0.6) is 0 Å². The zero-order chi connectivity index (χ0) is 19.5. The number of carbonyl (C=O) groups is 1. The second-order valence-electron chi connectivity index (χ2n) is 5.04. The van der Waals surface area contributed by atoms with Crippen LogP contribution in [0.1, 0.15) is 24.4 Å². The van der Waals surface area contributed by atoms with Crippen LogP contribution in [0.25, 0.3) is 5.65 Å². The van der Waals surface area contributed by atoms with Gasteiger partial charge in [0.15, 0.2) is 5.65 Å². The van der Waals surface area contributed by atoms with Gasteiger partial charge in [0.2, 0.25) is 0 Å². The number of aliphatic carboxylic acids is 1. The molecule has 3 rings (SSSR count). The SMILES string of the molecule is CC(c1ccc(N)nn1)c1nnc2ccc(Br)cn12.O=C(O)C(F)(F)F. The van der Waals surface area contributed by atoms with Crippen molar-refractivity contribution < 1.29 is 23.1 Å². The lowest BCUT2D eigenvalue weighted by Crippen LogP contribution is -2.21. The Morgan fingerprint density at radius 3 is 2.38 bits per heavy atom. The van der Waals surface area contributed by atoms with Crippen LogP contribution < -0.4 is 5.73 Å². The number of halogens is 4. The molecule has 0 aromatic carbocycles. The van der Waals surface area contributed by atoms with Gasteiger partial charge in [0.1, 0.15) is 11.6 Å². The van der Waals surface area contributed by atoms with Crippen LogP contribution in [-0.2, 0) is 4.79 Å². The number of nitrogens with zero attached hydrogens (tertiary/aromatic N) is 5. The van der Waals surface area contributed by atoms with Crippen molar-refractivity contribution in [1.29, 1.82) is 0 Å². The van der Waals surface area contributed by atoms with Crippen molar-refractivity contribution in [1.82, 2.24) is 24.8 Å². The van der Waals surface area contributed by atoms with Crippen LogP contribution >= 0.6 is 15.9 Å². The fourth-order valence-corrected chi connectivity index (χ4v) is 2.23. The van der Waals surface area contributed by atoms with Crippen molar-refractivity contribution in [2.45, 2.75) is 19.0 Å². The number of rotatable bonds is 2. The summed E-state index contributed by atoms with van der Waals surface area (Å²) >= 11 is 3.45. The van der Waals surface area contributed by atoms with Gasteiger partial charge in [-0.15, -0.1) is 15.3 Å². The van der Waals surface area contributed by atoms with E-state index in [0.717, 1.165) is 21.6 Å². The normalized spacial score (nSPS) is 12.3. The summed E-state index contributed by atoms with van der Waals surface area (Å²) in [4.78, 5) is 8.90. The van der Waals surface area contributed by atoms with Gasteiger partial charge in [-0.05, 0) is 47.1 Å². The van der Waals surface area contributed by atoms with E-state index in [0.29, 0.717) is 5.82 Å². The van der Waals surface area contributed by atoms with Crippen molar-refractivity contribution >= 4 is 33.4 Å². The molecule has 0 aliphatic heterocycles. The number of aromatic nitrogens is 5. The number of hydrogen-bond donors (Lipinski definition) is 2. The second-order valence-corrected chi connectivity index (χ2v) is 5.96. The zero-order valence-corrected chi connectivity index (χ0v) is 14.7. The first-order valence-corrected chi connectivity index (χ1v) is 7.78. The first kappa shape index (κ1) is 19.6. The highest BCUT2D eigenvalue weighted by molar-refractivity contribution is 9.10.